The largest absolute Gasteiger partial charge is 0.380 e. The molecule has 0 aliphatic carbocycles. The van der Waals surface area contributed by atoms with E-state index in [1.165, 1.54) is 0 Å². The molecule has 0 bridgehead atoms. The van der Waals surface area contributed by atoms with Crippen molar-refractivity contribution in [3.8, 4) is 11.3 Å². The number of benzene rings is 1. The van der Waals surface area contributed by atoms with Crippen LogP contribution in [0.4, 0.5) is 0 Å². The monoisotopic (exact) mass is 277 g/mol. The molecule has 16 heavy (non-hydrogen) atoms. The summed E-state index contributed by atoms with van der Waals surface area (Å²) in [6.07, 6.45) is 1.71. The van der Waals surface area contributed by atoms with Crippen LogP contribution in [0.3, 0.4) is 0 Å². The molecule has 0 aliphatic rings. The van der Waals surface area contributed by atoms with Crippen LogP contribution in [0.1, 0.15) is 10.4 Å². The minimum atomic E-state index is -0.419. The van der Waals surface area contributed by atoms with Crippen molar-refractivity contribution in [2.24, 2.45) is 0 Å². The normalized spacial score (nSPS) is 9.81. The molecule has 0 radical (unpaired) electrons. The fourth-order valence-electron chi connectivity index (χ4n) is 1.38. The van der Waals surface area contributed by atoms with E-state index in [-0.39, 0.29) is 0 Å². The van der Waals surface area contributed by atoms with Gasteiger partial charge in [0.2, 0.25) is 0 Å². The van der Waals surface area contributed by atoms with Crippen molar-refractivity contribution < 1.29 is 8.62 Å². The third-order valence-electron chi connectivity index (χ3n) is 2.13. The number of halogens is 1. The Balaban J connectivity index is 2.40. The fraction of sp³-hybridized carbons (Fsp3) is 0. The standard InChI is InChI=1S/C12H8BrNO2/c13-16-12(15)10-5-3-4-9(8-10)11-6-1-2-7-14-11/h1-8H. The topological polar surface area (TPSA) is 39.2 Å². The third kappa shape index (κ3) is 2.28. The number of hydrogen-bond donors (Lipinski definition) is 0. The van der Waals surface area contributed by atoms with E-state index < -0.39 is 5.97 Å². The Bertz CT molecular complexity index is 499. The molecule has 0 saturated carbocycles. The first kappa shape index (κ1) is 10.8. The Morgan fingerprint density at radius 1 is 1.19 bits per heavy atom. The molecule has 2 rings (SSSR count). The highest BCUT2D eigenvalue weighted by Gasteiger charge is 2.07. The molecule has 4 heteroatoms. The second kappa shape index (κ2) is 4.90. The maximum atomic E-state index is 11.3. The van der Waals surface area contributed by atoms with Gasteiger partial charge in [-0.05, 0) is 24.3 Å². The molecule has 3 nitrogen and oxygen atoms in total. The van der Waals surface area contributed by atoms with Crippen molar-refractivity contribution in [1.29, 1.82) is 0 Å². The van der Waals surface area contributed by atoms with Gasteiger partial charge < -0.3 is 3.83 Å². The van der Waals surface area contributed by atoms with Crippen LogP contribution in [0.5, 0.6) is 0 Å². The average Bonchev–Trinajstić information content (AvgIpc) is 2.39. The maximum Gasteiger partial charge on any atom is 0.349 e. The van der Waals surface area contributed by atoms with Crippen molar-refractivity contribution in [2.75, 3.05) is 0 Å². The van der Waals surface area contributed by atoms with E-state index in [0.717, 1.165) is 11.3 Å². The zero-order chi connectivity index (χ0) is 11.4. The van der Waals surface area contributed by atoms with E-state index in [1.807, 2.05) is 24.3 Å². The van der Waals surface area contributed by atoms with Gasteiger partial charge in [0.15, 0.2) is 16.3 Å². The first-order valence-corrected chi connectivity index (χ1v) is 5.30. The van der Waals surface area contributed by atoms with Gasteiger partial charge in [0.25, 0.3) is 0 Å². The lowest BCUT2D eigenvalue weighted by atomic mass is 10.1. The molecule has 0 atom stereocenters. The lowest BCUT2D eigenvalue weighted by Gasteiger charge is -2.02. The van der Waals surface area contributed by atoms with Crippen LogP contribution in [-0.4, -0.2) is 11.0 Å². The molecule has 80 valence electrons. The van der Waals surface area contributed by atoms with Gasteiger partial charge in [-0.25, -0.2) is 4.79 Å². The van der Waals surface area contributed by atoms with Crippen LogP contribution in [0.15, 0.2) is 48.7 Å². The second-order valence-electron chi connectivity index (χ2n) is 3.16. The summed E-state index contributed by atoms with van der Waals surface area (Å²) in [7, 11) is 0. The fourth-order valence-corrected chi connectivity index (χ4v) is 1.57. The van der Waals surface area contributed by atoms with Gasteiger partial charge in [0.1, 0.15) is 0 Å². The Labute approximate surface area is 102 Å². The van der Waals surface area contributed by atoms with E-state index in [0.29, 0.717) is 5.56 Å². The highest BCUT2D eigenvalue weighted by Crippen LogP contribution is 2.18. The summed E-state index contributed by atoms with van der Waals surface area (Å²) in [4.78, 5) is 15.5. The van der Waals surface area contributed by atoms with E-state index >= 15 is 0 Å². The molecule has 0 aliphatic heterocycles. The van der Waals surface area contributed by atoms with Crippen LogP contribution >= 0.6 is 16.3 Å². The van der Waals surface area contributed by atoms with Crippen molar-refractivity contribution in [3.05, 3.63) is 54.2 Å². The highest BCUT2D eigenvalue weighted by atomic mass is 79.9. The first-order valence-electron chi connectivity index (χ1n) is 4.65. The molecular formula is C12H8BrNO2. The van der Waals surface area contributed by atoms with E-state index in [1.54, 1.807) is 24.4 Å². The van der Waals surface area contributed by atoms with Crippen LogP contribution in [0.2, 0.25) is 0 Å². The molecule has 0 spiro atoms. The summed E-state index contributed by atoms with van der Waals surface area (Å²) < 4.78 is 4.48. The summed E-state index contributed by atoms with van der Waals surface area (Å²) in [6.45, 7) is 0. The second-order valence-corrected chi connectivity index (χ2v) is 3.48. The lowest BCUT2D eigenvalue weighted by Crippen LogP contribution is -1.97. The first-order chi connectivity index (χ1) is 7.81. The maximum absolute atomic E-state index is 11.3. The SMILES string of the molecule is O=C(OBr)c1cccc(-c2ccccn2)c1. The van der Waals surface area contributed by atoms with E-state index in [4.69, 9.17) is 0 Å². The molecule has 1 heterocycles. The van der Waals surface area contributed by atoms with Crippen molar-refractivity contribution in [2.45, 2.75) is 0 Å². The van der Waals surface area contributed by atoms with Crippen LogP contribution < -0.4 is 0 Å². The molecule has 1 aromatic heterocycles. The Kier molecular flexibility index (Phi) is 3.31. The van der Waals surface area contributed by atoms with Crippen LogP contribution in [-0.2, 0) is 3.83 Å². The molecular weight excluding hydrogens is 270 g/mol. The van der Waals surface area contributed by atoms with Gasteiger partial charge in [-0.2, -0.15) is 0 Å². The summed E-state index contributed by atoms with van der Waals surface area (Å²) >= 11 is 2.67. The quantitative estimate of drug-likeness (QED) is 0.846. The summed E-state index contributed by atoms with van der Waals surface area (Å²) in [5, 5.41) is 0. The summed E-state index contributed by atoms with van der Waals surface area (Å²) in [5.74, 6) is -0.419. The number of pyridine rings is 1. The Morgan fingerprint density at radius 3 is 2.75 bits per heavy atom. The number of carbonyl (C=O) groups is 1. The molecule has 0 fully saturated rings. The molecule has 0 unspecified atom stereocenters. The predicted octanol–water partition coefficient (Wildman–Crippen LogP) is 3.22. The van der Waals surface area contributed by atoms with Crippen molar-refractivity contribution in [1.82, 2.24) is 4.98 Å². The van der Waals surface area contributed by atoms with E-state index in [9.17, 15) is 4.79 Å². The van der Waals surface area contributed by atoms with Crippen molar-refractivity contribution in [3.63, 3.8) is 0 Å². The minimum Gasteiger partial charge on any atom is -0.380 e. The number of nitrogens with zero attached hydrogens (tertiary/aromatic N) is 1. The van der Waals surface area contributed by atoms with Crippen LogP contribution in [0, 0.1) is 0 Å². The average molecular weight is 278 g/mol. The van der Waals surface area contributed by atoms with Gasteiger partial charge >= 0.3 is 5.97 Å². The number of hydrogen-bond acceptors (Lipinski definition) is 3. The molecule has 0 N–H and O–H groups in total. The molecule has 0 amide bonds. The van der Waals surface area contributed by atoms with Gasteiger partial charge in [-0.1, -0.05) is 18.2 Å². The number of rotatable bonds is 2. The predicted molar refractivity (Wildman–Crippen MR) is 64.0 cm³/mol. The Hall–Kier alpha value is -1.68. The molecule has 1 aromatic carbocycles. The number of carbonyl (C=O) groups excluding carboxylic acids is 1. The zero-order valence-electron chi connectivity index (χ0n) is 8.26. The van der Waals surface area contributed by atoms with Crippen molar-refractivity contribution >= 4 is 22.2 Å². The van der Waals surface area contributed by atoms with Crippen LogP contribution in [0.25, 0.3) is 11.3 Å². The smallest absolute Gasteiger partial charge is 0.349 e. The molecule has 2 aromatic rings. The van der Waals surface area contributed by atoms with Gasteiger partial charge in [0.05, 0.1) is 11.3 Å². The third-order valence-corrected chi connectivity index (χ3v) is 2.42. The van der Waals surface area contributed by atoms with Gasteiger partial charge in [-0.3, -0.25) is 4.98 Å². The highest BCUT2D eigenvalue weighted by molar-refractivity contribution is 9.06. The van der Waals surface area contributed by atoms with E-state index in [2.05, 4.69) is 25.1 Å². The number of aromatic nitrogens is 1. The van der Waals surface area contributed by atoms with Gasteiger partial charge in [-0.15, -0.1) is 0 Å². The minimum absolute atomic E-state index is 0.419. The summed E-state index contributed by atoms with van der Waals surface area (Å²) in [5.41, 5.74) is 2.20. The van der Waals surface area contributed by atoms with Gasteiger partial charge in [0, 0.05) is 11.8 Å². The zero-order valence-corrected chi connectivity index (χ0v) is 9.85. The molecule has 0 saturated heterocycles. The Morgan fingerprint density at radius 2 is 2.06 bits per heavy atom. The lowest BCUT2D eigenvalue weighted by molar-refractivity contribution is 0.0782. The summed E-state index contributed by atoms with van der Waals surface area (Å²) in [6, 6.07) is 12.8.